The molecule has 1 aliphatic rings. The van der Waals surface area contributed by atoms with Gasteiger partial charge in [0.1, 0.15) is 0 Å². The summed E-state index contributed by atoms with van der Waals surface area (Å²) in [7, 11) is 2.00. The van der Waals surface area contributed by atoms with E-state index in [4.69, 9.17) is 0 Å². The number of allylic oxidation sites excluding steroid dienone is 5. The van der Waals surface area contributed by atoms with Gasteiger partial charge in [0.2, 0.25) is 0 Å². The first-order valence-electron chi connectivity index (χ1n) is 5.60. The van der Waals surface area contributed by atoms with Crippen LogP contribution >= 0.6 is 0 Å². The van der Waals surface area contributed by atoms with E-state index in [0.717, 1.165) is 6.42 Å². The van der Waals surface area contributed by atoms with Gasteiger partial charge >= 0.3 is 0 Å². The van der Waals surface area contributed by atoms with Gasteiger partial charge in [-0.2, -0.15) is 5.10 Å². The second-order valence-electron chi connectivity index (χ2n) is 3.75. The van der Waals surface area contributed by atoms with E-state index in [1.807, 2.05) is 37.3 Å². The number of hydrogen-bond acceptors (Lipinski definition) is 2. The van der Waals surface area contributed by atoms with Crippen LogP contribution in [-0.4, -0.2) is 24.3 Å². The molecule has 0 heterocycles. The molecule has 0 saturated heterocycles. The molecule has 0 N–H and O–H groups in total. The van der Waals surface area contributed by atoms with Gasteiger partial charge in [-0.05, 0) is 31.4 Å². The van der Waals surface area contributed by atoms with E-state index in [9.17, 15) is 0 Å². The van der Waals surface area contributed by atoms with Crippen molar-refractivity contribution in [1.82, 2.24) is 5.01 Å². The molecule has 0 spiro atoms. The minimum absolute atomic E-state index is 0.351. The van der Waals surface area contributed by atoms with E-state index in [2.05, 4.69) is 36.8 Å². The fourth-order valence-corrected chi connectivity index (χ4v) is 1.83. The first kappa shape index (κ1) is 12.5. The molecule has 2 heteroatoms. The van der Waals surface area contributed by atoms with Crippen LogP contribution in [0.25, 0.3) is 0 Å². The van der Waals surface area contributed by atoms with Gasteiger partial charge in [0.15, 0.2) is 0 Å². The van der Waals surface area contributed by atoms with Crippen molar-refractivity contribution >= 4 is 6.21 Å². The molecule has 1 atom stereocenters. The van der Waals surface area contributed by atoms with Crippen molar-refractivity contribution in [2.75, 3.05) is 7.05 Å². The fraction of sp³-hybridized carbons (Fsp3) is 0.357. The molecule has 1 aliphatic carbocycles. The van der Waals surface area contributed by atoms with Crippen LogP contribution in [0.4, 0.5) is 0 Å². The molecule has 0 aromatic heterocycles. The van der Waals surface area contributed by atoms with Gasteiger partial charge in [0, 0.05) is 13.3 Å². The van der Waals surface area contributed by atoms with E-state index in [1.54, 1.807) is 0 Å². The van der Waals surface area contributed by atoms with Gasteiger partial charge in [-0.1, -0.05) is 37.0 Å². The Bertz CT molecular complexity index is 359. The normalized spacial score (nSPS) is 25.6. The van der Waals surface area contributed by atoms with Crippen LogP contribution in [0.1, 0.15) is 20.3 Å². The predicted octanol–water partition coefficient (Wildman–Crippen LogP) is 3.31. The van der Waals surface area contributed by atoms with Gasteiger partial charge < -0.3 is 0 Å². The Hall–Kier alpha value is -1.57. The molecule has 0 aromatic rings. The third-order valence-electron chi connectivity index (χ3n) is 2.72. The van der Waals surface area contributed by atoms with Crippen LogP contribution in [-0.2, 0) is 0 Å². The summed E-state index contributed by atoms with van der Waals surface area (Å²) in [6.45, 7) is 7.74. The third-order valence-corrected chi connectivity index (χ3v) is 2.72. The predicted molar refractivity (Wildman–Crippen MR) is 71.5 cm³/mol. The largest absolute Gasteiger partial charge is 0.293 e. The third kappa shape index (κ3) is 2.96. The maximum atomic E-state index is 4.28. The SMILES string of the molecule is C=C/C=C1/C=CC(N(C)/N=C\C)C/C1=C/C. The lowest BCUT2D eigenvalue weighted by atomic mass is 9.91. The highest BCUT2D eigenvalue weighted by molar-refractivity contribution is 5.53. The van der Waals surface area contributed by atoms with Crippen LogP contribution in [0.2, 0.25) is 0 Å². The highest BCUT2D eigenvalue weighted by Crippen LogP contribution is 2.25. The van der Waals surface area contributed by atoms with Crippen molar-refractivity contribution in [3.05, 3.63) is 48.1 Å². The monoisotopic (exact) mass is 216 g/mol. The second-order valence-corrected chi connectivity index (χ2v) is 3.75. The van der Waals surface area contributed by atoms with Gasteiger partial charge in [-0.3, -0.25) is 5.01 Å². The molecule has 16 heavy (non-hydrogen) atoms. The van der Waals surface area contributed by atoms with E-state index >= 15 is 0 Å². The molecule has 0 saturated carbocycles. The number of hydrogen-bond donors (Lipinski definition) is 0. The van der Waals surface area contributed by atoms with Gasteiger partial charge in [-0.15, -0.1) is 0 Å². The number of hydrazone groups is 1. The highest BCUT2D eigenvalue weighted by Gasteiger charge is 2.17. The Labute approximate surface area is 98.3 Å². The lowest BCUT2D eigenvalue weighted by Crippen LogP contribution is -2.27. The standard InChI is InChI=1S/C14H20N2/c1-5-8-13-9-10-14(11-12(13)6-2)16(4)15-7-3/h5-10,14H,1,11H2,2-4H3/b12-6-,13-8-,15-7-. The average Bonchev–Trinajstić information content (AvgIpc) is 2.30. The molecule has 0 bridgehead atoms. The summed E-state index contributed by atoms with van der Waals surface area (Å²) in [5.41, 5.74) is 2.60. The molecule has 2 nitrogen and oxygen atoms in total. The summed E-state index contributed by atoms with van der Waals surface area (Å²) in [6.07, 6.45) is 13.2. The number of likely N-dealkylation sites (N-methyl/N-ethyl adjacent to an activating group) is 1. The molecule has 1 unspecified atom stereocenters. The Morgan fingerprint density at radius 2 is 2.25 bits per heavy atom. The van der Waals surface area contributed by atoms with Crippen LogP contribution in [0.3, 0.4) is 0 Å². The maximum Gasteiger partial charge on any atom is 0.0691 e. The highest BCUT2D eigenvalue weighted by atomic mass is 15.4. The van der Waals surface area contributed by atoms with E-state index in [0.29, 0.717) is 6.04 Å². The zero-order valence-electron chi connectivity index (χ0n) is 10.4. The molecule has 0 amide bonds. The Balaban J connectivity index is 2.88. The molecular weight excluding hydrogens is 196 g/mol. The van der Waals surface area contributed by atoms with Crippen LogP contribution in [0.5, 0.6) is 0 Å². The zero-order chi connectivity index (χ0) is 12.0. The van der Waals surface area contributed by atoms with E-state index in [1.165, 1.54) is 11.1 Å². The topological polar surface area (TPSA) is 15.6 Å². The number of nitrogens with zero attached hydrogens (tertiary/aromatic N) is 2. The quantitative estimate of drug-likeness (QED) is 0.522. The molecule has 86 valence electrons. The molecule has 0 fully saturated rings. The lowest BCUT2D eigenvalue weighted by molar-refractivity contribution is 0.294. The van der Waals surface area contributed by atoms with E-state index < -0.39 is 0 Å². The molecule has 1 rings (SSSR count). The minimum Gasteiger partial charge on any atom is -0.293 e. The smallest absolute Gasteiger partial charge is 0.0691 e. The summed E-state index contributed by atoms with van der Waals surface area (Å²) >= 11 is 0. The first-order valence-corrected chi connectivity index (χ1v) is 5.60. The van der Waals surface area contributed by atoms with Crippen LogP contribution in [0, 0.1) is 0 Å². The summed E-state index contributed by atoms with van der Waals surface area (Å²) < 4.78 is 0. The summed E-state index contributed by atoms with van der Waals surface area (Å²) in [5, 5.41) is 6.27. The zero-order valence-corrected chi connectivity index (χ0v) is 10.4. The Kier molecular flexibility index (Phi) is 4.77. The summed E-state index contributed by atoms with van der Waals surface area (Å²) in [5.74, 6) is 0. The van der Waals surface area contributed by atoms with Crippen molar-refractivity contribution < 1.29 is 0 Å². The summed E-state index contributed by atoms with van der Waals surface area (Å²) in [6, 6.07) is 0.351. The van der Waals surface area contributed by atoms with Gasteiger partial charge in [0.05, 0.1) is 6.04 Å². The minimum atomic E-state index is 0.351. The van der Waals surface area contributed by atoms with Gasteiger partial charge in [0.25, 0.3) is 0 Å². The lowest BCUT2D eigenvalue weighted by Gasteiger charge is -2.27. The van der Waals surface area contributed by atoms with Crippen molar-refractivity contribution in [2.45, 2.75) is 26.3 Å². The van der Waals surface area contributed by atoms with Crippen LogP contribution < -0.4 is 0 Å². The Morgan fingerprint density at radius 3 is 2.81 bits per heavy atom. The molecular formula is C14H20N2. The van der Waals surface area contributed by atoms with Crippen molar-refractivity contribution in [3.8, 4) is 0 Å². The summed E-state index contributed by atoms with van der Waals surface area (Å²) in [4.78, 5) is 0. The van der Waals surface area contributed by atoms with E-state index in [-0.39, 0.29) is 0 Å². The average molecular weight is 216 g/mol. The molecule has 0 radical (unpaired) electrons. The van der Waals surface area contributed by atoms with Gasteiger partial charge in [-0.25, -0.2) is 0 Å². The molecule has 0 aliphatic heterocycles. The van der Waals surface area contributed by atoms with Crippen molar-refractivity contribution in [3.63, 3.8) is 0 Å². The number of rotatable bonds is 3. The molecule has 0 aromatic carbocycles. The second kappa shape index (κ2) is 6.11. The fourth-order valence-electron chi connectivity index (χ4n) is 1.83. The van der Waals surface area contributed by atoms with Crippen molar-refractivity contribution in [1.29, 1.82) is 0 Å². The van der Waals surface area contributed by atoms with Crippen molar-refractivity contribution in [2.24, 2.45) is 5.10 Å². The first-order chi connectivity index (χ1) is 7.72. The van der Waals surface area contributed by atoms with Crippen LogP contribution in [0.15, 0.2) is 53.2 Å². The Morgan fingerprint density at radius 1 is 1.50 bits per heavy atom. The maximum absolute atomic E-state index is 4.28.